The summed E-state index contributed by atoms with van der Waals surface area (Å²) in [6, 6.07) is 10.1. The first-order valence-corrected chi connectivity index (χ1v) is 8.58. The quantitative estimate of drug-likeness (QED) is 0.747. The number of aryl methyl sites for hydroxylation is 1. The van der Waals surface area contributed by atoms with Crippen molar-refractivity contribution in [2.45, 2.75) is 32.7 Å². The van der Waals surface area contributed by atoms with Crippen molar-refractivity contribution in [2.24, 2.45) is 0 Å². The lowest BCUT2D eigenvalue weighted by Crippen LogP contribution is -2.17. The molecule has 0 aliphatic rings. The zero-order chi connectivity index (χ0) is 16.9. The van der Waals surface area contributed by atoms with Crippen LogP contribution in [0, 0.1) is 6.92 Å². The molecule has 124 valence electrons. The van der Waals surface area contributed by atoms with E-state index in [1.807, 2.05) is 25.3 Å². The maximum Gasteiger partial charge on any atom is 0.228 e. The van der Waals surface area contributed by atoms with Crippen LogP contribution in [0.5, 0.6) is 0 Å². The van der Waals surface area contributed by atoms with Gasteiger partial charge in [0.25, 0.3) is 0 Å². The summed E-state index contributed by atoms with van der Waals surface area (Å²) < 4.78 is 1.77. The van der Waals surface area contributed by atoms with E-state index in [1.165, 1.54) is 22.5 Å². The predicted molar refractivity (Wildman–Crippen MR) is 94.1 cm³/mol. The number of rotatable bonds is 6. The van der Waals surface area contributed by atoms with Gasteiger partial charge >= 0.3 is 0 Å². The molecule has 1 unspecified atom stereocenters. The lowest BCUT2D eigenvalue weighted by Gasteiger charge is -2.10. The van der Waals surface area contributed by atoms with E-state index in [4.69, 9.17) is 0 Å². The molecule has 0 saturated carbocycles. The summed E-state index contributed by atoms with van der Waals surface area (Å²) in [5.41, 5.74) is 2.41. The van der Waals surface area contributed by atoms with Crippen molar-refractivity contribution in [3.63, 3.8) is 0 Å². The summed E-state index contributed by atoms with van der Waals surface area (Å²) >= 11 is 1.41. The summed E-state index contributed by atoms with van der Waals surface area (Å²) in [4.78, 5) is 12.1. The topological polar surface area (TPSA) is 72.7 Å². The van der Waals surface area contributed by atoms with Crippen LogP contribution in [0.15, 0.2) is 42.7 Å². The Balaban J connectivity index is 1.56. The van der Waals surface area contributed by atoms with E-state index < -0.39 is 0 Å². The van der Waals surface area contributed by atoms with Gasteiger partial charge in [-0.3, -0.25) is 9.48 Å². The van der Waals surface area contributed by atoms with Gasteiger partial charge in [-0.2, -0.15) is 5.10 Å². The normalized spacial score (nSPS) is 12.1. The Labute approximate surface area is 144 Å². The molecule has 7 heteroatoms. The molecule has 0 bridgehead atoms. The average molecular weight is 341 g/mol. The van der Waals surface area contributed by atoms with Gasteiger partial charge in [0.05, 0.1) is 6.04 Å². The second-order valence-electron chi connectivity index (χ2n) is 5.75. The summed E-state index contributed by atoms with van der Waals surface area (Å²) in [6.45, 7) is 4.02. The monoisotopic (exact) mass is 341 g/mol. The van der Waals surface area contributed by atoms with Crippen LogP contribution in [-0.4, -0.2) is 25.9 Å². The first-order chi connectivity index (χ1) is 11.6. The molecule has 0 saturated heterocycles. The van der Waals surface area contributed by atoms with Crippen LogP contribution < -0.4 is 5.32 Å². The highest BCUT2D eigenvalue weighted by Gasteiger charge is 2.13. The van der Waals surface area contributed by atoms with Gasteiger partial charge < -0.3 is 5.32 Å². The summed E-state index contributed by atoms with van der Waals surface area (Å²) in [5.74, 6) is -0.0868. The fraction of sp³-hybridized carbons (Fsp3) is 0.294. The molecule has 0 aliphatic heterocycles. The van der Waals surface area contributed by atoms with Crippen LogP contribution in [-0.2, 0) is 11.2 Å². The van der Waals surface area contributed by atoms with Gasteiger partial charge in [-0.15, -0.1) is 10.2 Å². The second kappa shape index (κ2) is 7.35. The van der Waals surface area contributed by atoms with Crippen LogP contribution in [0.4, 0.5) is 5.13 Å². The van der Waals surface area contributed by atoms with Gasteiger partial charge in [-0.25, -0.2) is 0 Å². The van der Waals surface area contributed by atoms with E-state index in [2.05, 4.69) is 45.7 Å². The van der Waals surface area contributed by atoms with Crippen LogP contribution >= 0.6 is 11.3 Å². The predicted octanol–water partition coefficient (Wildman–Crippen LogP) is 3.22. The van der Waals surface area contributed by atoms with Gasteiger partial charge in [-0.05, 0) is 25.5 Å². The molecule has 1 amide bonds. The van der Waals surface area contributed by atoms with Crippen molar-refractivity contribution in [1.29, 1.82) is 0 Å². The molecule has 2 heterocycles. The number of hydrogen-bond donors (Lipinski definition) is 1. The molecule has 1 atom stereocenters. The third-order valence-corrected chi connectivity index (χ3v) is 4.45. The maximum atomic E-state index is 12.1. The largest absolute Gasteiger partial charge is 0.300 e. The van der Waals surface area contributed by atoms with Crippen LogP contribution in [0.1, 0.15) is 35.5 Å². The minimum atomic E-state index is -0.0868. The molecule has 3 aromatic rings. The molecule has 3 rings (SSSR count). The summed E-state index contributed by atoms with van der Waals surface area (Å²) in [7, 11) is 0. The van der Waals surface area contributed by atoms with Crippen molar-refractivity contribution in [1.82, 2.24) is 20.0 Å². The molecular weight excluding hydrogens is 322 g/mol. The van der Waals surface area contributed by atoms with E-state index in [9.17, 15) is 4.79 Å². The zero-order valence-corrected chi connectivity index (χ0v) is 14.5. The molecular formula is C17H19N5OS. The molecule has 6 nitrogen and oxygen atoms in total. The van der Waals surface area contributed by atoms with E-state index in [-0.39, 0.29) is 11.9 Å². The third kappa shape index (κ3) is 4.26. The maximum absolute atomic E-state index is 12.1. The van der Waals surface area contributed by atoms with Crippen LogP contribution in [0.25, 0.3) is 0 Å². The van der Waals surface area contributed by atoms with Crippen molar-refractivity contribution in [3.05, 3.63) is 58.9 Å². The van der Waals surface area contributed by atoms with Crippen LogP contribution in [0.3, 0.4) is 0 Å². The number of carbonyl (C=O) groups is 1. The Kier molecular flexibility index (Phi) is 5.00. The van der Waals surface area contributed by atoms with Crippen molar-refractivity contribution in [3.8, 4) is 0 Å². The minimum absolute atomic E-state index is 0.000291. The van der Waals surface area contributed by atoms with Gasteiger partial charge in [0.15, 0.2) is 0 Å². The Bertz CT molecular complexity index is 812. The minimum Gasteiger partial charge on any atom is -0.300 e. The fourth-order valence-corrected chi connectivity index (χ4v) is 3.24. The van der Waals surface area contributed by atoms with E-state index in [0.717, 1.165) is 11.4 Å². The smallest absolute Gasteiger partial charge is 0.228 e. The van der Waals surface area contributed by atoms with E-state index in [1.54, 1.807) is 10.9 Å². The highest BCUT2D eigenvalue weighted by Crippen LogP contribution is 2.20. The van der Waals surface area contributed by atoms with E-state index >= 15 is 0 Å². The number of nitrogens with zero attached hydrogens (tertiary/aromatic N) is 4. The standard InChI is InChI=1S/C17H19N5OS/c1-12-5-3-6-14(9-12)11-16-20-21-17(24-16)19-15(23)10-13(2)22-8-4-7-18-22/h3-9,13H,10-11H2,1-2H3,(H,19,21,23). The molecule has 2 aromatic heterocycles. The second-order valence-corrected chi connectivity index (χ2v) is 6.82. The summed E-state index contributed by atoms with van der Waals surface area (Å²) in [6.07, 6.45) is 4.62. The highest BCUT2D eigenvalue weighted by molar-refractivity contribution is 7.15. The van der Waals surface area contributed by atoms with E-state index in [0.29, 0.717) is 11.6 Å². The number of benzene rings is 1. The molecule has 24 heavy (non-hydrogen) atoms. The van der Waals surface area contributed by atoms with Gasteiger partial charge in [0.2, 0.25) is 11.0 Å². The number of nitrogens with one attached hydrogen (secondary N) is 1. The van der Waals surface area contributed by atoms with Crippen LogP contribution in [0.2, 0.25) is 0 Å². The molecule has 0 spiro atoms. The first kappa shape index (κ1) is 16.3. The highest BCUT2D eigenvalue weighted by atomic mass is 32.1. The van der Waals surface area contributed by atoms with Gasteiger partial charge in [-0.1, -0.05) is 41.2 Å². The number of aromatic nitrogens is 4. The van der Waals surface area contributed by atoms with Gasteiger partial charge in [0.1, 0.15) is 5.01 Å². The van der Waals surface area contributed by atoms with Gasteiger partial charge in [0, 0.05) is 25.2 Å². The summed E-state index contributed by atoms with van der Waals surface area (Å²) in [5, 5.41) is 16.6. The third-order valence-electron chi connectivity index (χ3n) is 3.61. The Morgan fingerprint density at radius 3 is 2.96 bits per heavy atom. The number of amides is 1. The fourth-order valence-electron chi connectivity index (χ4n) is 2.45. The first-order valence-electron chi connectivity index (χ1n) is 7.77. The molecule has 1 aromatic carbocycles. The lowest BCUT2D eigenvalue weighted by atomic mass is 10.1. The lowest BCUT2D eigenvalue weighted by molar-refractivity contribution is -0.116. The van der Waals surface area contributed by atoms with Crippen molar-refractivity contribution < 1.29 is 4.79 Å². The number of carbonyl (C=O) groups excluding carboxylic acids is 1. The Hall–Kier alpha value is -2.54. The van der Waals surface area contributed by atoms with Crippen molar-refractivity contribution in [2.75, 3.05) is 5.32 Å². The van der Waals surface area contributed by atoms with Crippen molar-refractivity contribution >= 4 is 22.4 Å². The molecule has 0 aliphatic carbocycles. The zero-order valence-electron chi connectivity index (χ0n) is 13.6. The Morgan fingerprint density at radius 1 is 1.33 bits per heavy atom. The average Bonchev–Trinajstić information content (AvgIpc) is 3.19. The number of anilines is 1. The Morgan fingerprint density at radius 2 is 2.21 bits per heavy atom. The molecule has 0 fully saturated rings. The SMILES string of the molecule is Cc1cccc(Cc2nnc(NC(=O)CC(C)n3cccn3)s2)c1. The molecule has 1 N–H and O–H groups in total. The molecule has 0 radical (unpaired) electrons. The number of hydrogen-bond acceptors (Lipinski definition) is 5.